The molecule has 2 N–H and O–H groups in total. The van der Waals surface area contributed by atoms with E-state index < -0.39 is 0 Å². The highest BCUT2D eigenvalue weighted by Gasteiger charge is 2.17. The third-order valence-electron chi connectivity index (χ3n) is 1.81. The van der Waals surface area contributed by atoms with E-state index in [9.17, 15) is 0 Å². The molecule has 13 heavy (non-hydrogen) atoms. The molecule has 0 aromatic carbocycles. The SMILES string of the molecule is Nc1cncc(OC2CCOC2)n1. The minimum absolute atomic E-state index is 0.0936. The molecule has 5 heteroatoms. The highest BCUT2D eigenvalue weighted by Crippen LogP contribution is 2.13. The van der Waals surface area contributed by atoms with E-state index in [-0.39, 0.29) is 6.10 Å². The van der Waals surface area contributed by atoms with Gasteiger partial charge in [0.15, 0.2) is 0 Å². The van der Waals surface area contributed by atoms with Gasteiger partial charge in [-0.3, -0.25) is 4.98 Å². The van der Waals surface area contributed by atoms with E-state index in [0.29, 0.717) is 18.3 Å². The van der Waals surface area contributed by atoms with Crippen molar-refractivity contribution in [2.45, 2.75) is 12.5 Å². The molecule has 1 unspecified atom stereocenters. The summed E-state index contributed by atoms with van der Waals surface area (Å²) in [5.74, 6) is 0.840. The van der Waals surface area contributed by atoms with Gasteiger partial charge in [0.05, 0.1) is 25.6 Å². The Labute approximate surface area is 75.9 Å². The van der Waals surface area contributed by atoms with Gasteiger partial charge in [0.2, 0.25) is 5.88 Å². The topological polar surface area (TPSA) is 70.3 Å². The molecule has 0 aliphatic carbocycles. The van der Waals surface area contributed by atoms with Crippen molar-refractivity contribution in [1.29, 1.82) is 0 Å². The van der Waals surface area contributed by atoms with Crippen LogP contribution in [0.5, 0.6) is 5.88 Å². The molecule has 1 aromatic rings. The fraction of sp³-hybridized carbons (Fsp3) is 0.500. The van der Waals surface area contributed by atoms with Crippen LogP contribution in [-0.4, -0.2) is 29.3 Å². The van der Waals surface area contributed by atoms with E-state index in [2.05, 4.69) is 9.97 Å². The molecule has 1 aromatic heterocycles. The first kappa shape index (κ1) is 8.25. The second-order valence-corrected chi connectivity index (χ2v) is 2.89. The Balaban J connectivity index is 2.00. The van der Waals surface area contributed by atoms with E-state index in [1.807, 2.05) is 0 Å². The van der Waals surface area contributed by atoms with Gasteiger partial charge in [-0.1, -0.05) is 0 Å². The molecule has 0 spiro atoms. The Morgan fingerprint density at radius 2 is 2.46 bits per heavy atom. The van der Waals surface area contributed by atoms with E-state index in [4.69, 9.17) is 15.2 Å². The zero-order valence-electron chi connectivity index (χ0n) is 7.14. The molecular formula is C8H11N3O2. The number of anilines is 1. The van der Waals surface area contributed by atoms with Gasteiger partial charge in [0.25, 0.3) is 0 Å². The molecule has 1 atom stereocenters. The molecule has 1 aliphatic rings. The van der Waals surface area contributed by atoms with Crippen molar-refractivity contribution >= 4 is 5.82 Å². The Morgan fingerprint density at radius 1 is 1.54 bits per heavy atom. The minimum Gasteiger partial charge on any atom is -0.471 e. The molecule has 0 radical (unpaired) electrons. The zero-order chi connectivity index (χ0) is 9.10. The van der Waals surface area contributed by atoms with Gasteiger partial charge in [-0.25, -0.2) is 0 Å². The lowest BCUT2D eigenvalue weighted by atomic mass is 10.3. The molecule has 2 rings (SSSR count). The van der Waals surface area contributed by atoms with Crippen LogP contribution >= 0.6 is 0 Å². The predicted octanol–water partition coefficient (Wildman–Crippen LogP) is 0.226. The highest BCUT2D eigenvalue weighted by molar-refractivity contribution is 5.26. The van der Waals surface area contributed by atoms with Gasteiger partial charge < -0.3 is 15.2 Å². The Bertz CT molecular complexity index is 286. The number of aromatic nitrogens is 2. The van der Waals surface area contributed by atoms with Crippen LogP contribution in [0.4, 0.5) is 5.82 Å². The average Bonchev–Trinajstić information content (AvgIpc) is 2.57. The van der Waals surface area contributed by atoms with Crippen LogP contribution in [0.2, 0.25) is 0 Å². The number of nitrogen functional groups attached to an aromatic ring is 1. The van der Waals surface area contributed by atoms with Gasteiger partial charge in [-0.2, -0.15) is 4.98 Å². The van der Waals surface area contributed by atoms with E-state index in [1.165, 1.54) is 6.20 Å². The van der Waals surface area contributed by atoms with Crippen LogP contribution in [0.15, 0.2) is 12.4 Å². The molecular weight excluding hydrogens is 170 g/mol. The molecule has 0 bridgehead atoms. The van der Waals surface area contributed by atoms with Crippen LogP contribution in [0.1, 0.15) is 6.42 Å². The molecule has 0 amide bonds. The van der Waals surface area contributed by atoms with Crippen molar-refractivity contribution in [2.24, 2.45) is 0 Å². The molecule has 70 valence electrons. The van der Waals surface area contributed by atoms with E-state index in [0.717, 1.165) is 13.0 Å². The van der Waals surface area contributed by atoms with E-state index >= 15 is 0 Å². The van der Waals surface area contributed by atoms with Gasteiger partial charge in [-0.05, 0) is 0 Å². The maximum atomic E-state index is 5.48. The Hall–Kier alpha value is -1.36. The molecule has 1 aliphatic heterocycles. The lowest BCUT2D eigenvalue weighted by Gasteiger charge is -2.09. The molecule has 1 saturated heterocycles. The number of hydrogen-bond donors (Lipinski definition) is 1. The number of hydrogen-bond acceptors (Lipinski definition) is 5. The monoisotopic (exact) mass is 181 g/mol. The predicted molar refractivity (Wildman–Crippen MR) is 46.3 cm³/mol. The second kappa shape index (κ2) is 3.57. The number of nitrogens with zero attached hydrogens (tertiary/aromatic N) is 2. The number of ether oxygens (including phenoxy) is 2. The Morgan fingerprint density at radius 3 is 3.15 bits per heavy atom. The highest BCUT2D eigenvalue weighted by atomic mass is 16.5. The number of nitrogens with two attached hydrogens (primary N) is 1. The summed E-state index contributed by atoms with van der Waals surface area (Å²) >= 11 is 0. The second-order valence-electron chi connectivity index (χ2n) is 2.89. The summed E-state index contributed by atoms with van der Waals surface area (Å²) in [6.45, 7) is 1.37. The van der Waals surface area contributed by atoms with Crippen molar-refractivity contribution in [3.63, 3.8) is 0 Å². The third kappa shape index (κ3) is 2.06. The van der Waals surface area contributed by atoms with Crippen molar-refractivity contribution in [1.82, 2.24) is 9.97 Å². The number of rotatable bonds is 2. The van der Waals surface area contributed by atoms with Crippen molar-refractivity contribution < 1.29 is 9.47 Å². The summed E-state index contributed by atoms with van der Waals surface area (Å²) in [7, 11) is 0. The van der Waals surface area contributed by atoms with Crippen LogP contribution < -0.4 is 10.5 Å². The molecule has 5 nitrogen and oxygen atoms in total. The van der Waals surface area contributed by atoms with Crippen molar-refractivity contribution in [2.75, 3.05) is 18.9 Å². The summed E-state index contributed by atoms with van der Waals surface area (Å²) in [4.78, 5) is 7.85. The largest absolute Gasteiger partial charge is 0.471 e. The van der Waals surface area contributed by atoms with Gasteiger partial charge in [0.1, 0.15) is 11.9 Å². The lowest BCUT2D eigenvalue weighted by molar-refractivity contribution is 0.138. The minimum atomic E-state index is 0.0936. The normalized spacial score (nSPS) is 21.7. The lowest BCUT2D eigenvalue weighted by Crippen LogP contribution is -2.16. The van der Waals surface area contributed by atoms with Crippen LogP contribution in [0, 0.1) is 0 Å². The summed E-state index contributed by atoms with van der Waals surface area (Å²) in [5.41, 5.74) is 5.45. The molecule has 1 fully saturated rings. The van der Waals surface area contributed by atoms with Crippen LogP contribution in [0.25, 0.3) is 0 Å². The molecule has 0 saturated carbocycles. The fourth-order valence-corrected chi connectivity index (χ4v) is 1.20. The third-order valence-corrected chi connectivity index (χ3v) is 1.81. The van der Waals surface area contributed by atoms with Crippen molar-refractivity contribution in [3.05, 3.63) is 12.4 Å². The summed E-state index contributed by atoms with van der Waals surface area (Å²) in [6.07, 6.45) is 4.03. The maximum absolute atomic E-state index is 5.48. The average molecular weight is 181 g/mol. The first-order valence-electron chi connectivity index (χ1n) is 4.16. The summed E-state index contributed by atoms with van der Waals surface area (Å²) < 4.78 is 10.6. The van der Waals surface area contributed by atoms with Gasteiger partial charge in [0, 0.05) is 6.42 Å². The maximum Gasteiger partial charge on any atom is 0.234 e. The van der Waals surface area contributed by atoms with Crippen molar-refractivity contribution in [3.8, 4) is 5.88 Å². The quantitative estimate of drug-likeness (QED) is 0.707. The fourth-order valence-electron chi connectivity index (χ4n) is 1.20. The zero-order valence-corrected chi connectivity index (χ0v) is 7.14. The Kier molecular flexibility index (Phi) is 2.27. The van der Waals surface area contributed by atoms with Crippen LogP contribution in [0.3, 0.4) is 0 Å². The first-order chi connectivity index (χ1) is 6.34. The molecule has 2 heterocycles. The smallest absolute Gasteiger partial charge is 0.234 e. The van der Waals surface area contributed by atoms with Gasteiger partial charge in [-0.15, -0.1) is 0 Å². The standard InChI is InChI=1S/C8H11N3O2/c9-7-3-10-4-8(11-7)13-6-1-2-12-5-6/h3-4,6H,1-2,5H2,(H2,9,11). The van der Waals surface area contributed by atoms with E-state index in [1.54, 1.807) is 6.20 Å². The van der Waals surface area contributed by atoms with Gasteiger partial charge >= 0.3 is 0 Å². The summed E-state index contributed by atoms with van der Waals surface area (Å²) in [5, 5.41) is 0. The van der Waals surface area contributed by atoms with Crippen LogP contribution in [-0.2, 0) is 4.74 Å². The first-order valence-corrected chi connectivity index (χ1v) is 4.16. The summed E-state index contributed by atoms with van der Waals surface area (Å²) in [6, 6.07) is 0.